The number of fused-ring (bicyclic) bond motifs is 1. The maximum absolute atomic E-state index is 12.8. The Hall–Kier alpha value is -3.08. The molecule has 5 nitrogen and oxygen atoms in total. The summed E-state index contributed by atoms with van der Waals surface area (Å²) < 4.78 is 1.46. The number of hydrogen-bond donors (Lipinski definition) is 2. The van der Waals surface area contributed by atoms with Gasteiger partial charge in [-0.15, -0.1) is 0 Å². The van der Waals surface area contributed by atoms with Crippen LogP contribution in [-0.2, 0) is 0 Å². The monoisotopic (exact) mass is 304 g/mol. The first kappa shape index (κ1) is 13.6. The van der Waals surface area contributed by atoms with Gasteiger partial charge in [0, 0.05) is 5.69 Å². The third-order valence-corrected chi connectivity index (χ3v) is 4.00. The van der Waals surface area contributed by atoms with E-state index in [1.165, 1.54) is 10.2 Å². The van der Waals surface area contributed by atoms with Crippen LogP contribution in [0.25, 0.3) is 28.1 Å². The molecule has 4 aromatic rings. The van der Waals surface area contributed by atoms with E-state index in [2.05, 4.69) is 15.1 Å². The van der Waals surface area contributed by atoms with Gasteiger partial charge in [-0.25, -0.2) is 4.98 Å². The first-order valence-corrected chi connectivity index (χ1v) is 7.47. The van der Waals surface area contributed by atoms with Gasteiger partial charge in [-0.2, -0.15) is 4.68 Å². The summed E-state index contributed by atoms with van der Waals surface area (Å²) in [5, 5.41) is 3.11. The number of rotatable bonds is 2. The lowest BCUT2D eigenvalue weighted by molar-refractivity contribution is 0.791. The third kappa shape index (κ3) is 2.17. The second-order valence-electron chi connectivity index (χ2n) is 5.70. The zero-order valence-electron chi connectivity index (χ0n) is 12.9. The maximum Gasteiger partial charge on any atom is 0.281 e. The van der Waals surface area contributed by atoms with E-state index in [1.807, 2.05) is 62.4 Å². The van der Waals surface area contributed by atoms with Gasteiger partial charge in [0.2, 0.25) is 5.95 Å². The summed E-state index contributed by atoms with van der Waals surface area (Å²) >= 11 is 0. The van der Waals surface area contributed by atoms with Crippen molar-refractivity contribution in [2.45, 2.75) is 13.8 Å². The Bertz CT molecular complexity index is 1020. The highest BCUT2D eigenvalue weighted by atomic mass is 16.1. The van der Waals surface area contributed by atoms with Gasteiger partial charge in [-0.3, -0.25) is 9.89 Å². The summed E-state index contributed by atoms with van der Waals surface area (Å²) in [5.74, 6) is 0.498. The van der Waals surface area contributed by atoms with Crippen molar-refractivity contribution in [3.8, 4) is 17.1 Å². The van der Waals surface area contributed by atoms with Gasteiger partial charge in [0.1, 0.15) is 0 Å². The van der Waals surface area contributed by atoms with Crippen LogP contribution < -0.4 is 5.56 Å². The van der Waals surface area contributed by atoms with Gasteiger partial charge >= 0.3 is 0 Å². The number of benzene rings is 2. The van der Waals surface area contributed by atoms with Crippen molar-refractivity contribution in [2.24, 2.45) is 0 Å². The predicted molar refractivity (Wildman–Crippen MR) is 91.0 cm³/mol. The van der Waals surface area contributed by atoms with Gasteiger partial charge in [0.25, 0.3) is 5.56 Å². The largest absolute Gasteiger partial charge is 0.322 e. The summed E-state index contributed by atoms with van der Waals surface area (Å²) in [4.78, 5) is 20.5. The zero-order chi connectivity index (χ0) is 16.0. The second-order valence-corrected chi connectivity index (χ2v) is 5.70. The Morgan fingerprint density at radius 1 is 1.00 bits per heavy atom. The summed E-state index contributed by atoms with van der Waals surface area (Å²) in [7, 11) is 0. The number of aryl methyl sites for hydroxylation is 2. The smallest absolute Gasteiger partial charge is 0.281 e. The molecule has 23 heavy (non-hydrogen) atoms. The van der Waals surface area contributed by atoms with Crippen molar-refractivity contribution in [2.75, 3.05) is 0 Å². The van der Waals surface area contributed by atoms with E-state index >= 15 is 0 Å². The lowest BCUT2D eigenvalue weighted by atomic mass is 10.1. The first-order chi connectivity index (χ1) is 11.1. The van der Waals surface area contributed by atoms with Crippen molar-refractivity contribution in [1.82, 2.24) is 19.7 Å². The van der Waals surface area contributed by atoms with Crippen molar-refractivity contribution < 1.29 is 0 Å². The molecule has 0 saturated carbocycles. The molecule has 2 aromatic carbocycles. The highest BCUT2D eigenvalue weighted by Gasteiger charge is 2.16. The molecule has 0 saturated heterocycles. The molecule has 2 heterocycles. The summed E-state index contributed by atoms with van der Waals surface area (Å²) in [6, 6.07) is 15.7. The van der Waals surface area contributed by atoms with Crippen LogP contribution in [0.15, 0.2) is 53.3 Å². The van der Waals surface area contributed by atoms with E-state index < -0.39 is 0 Å². The molecular weight excluding hydrogens is 288 g/mol. The van der Waals surface area contributed by atoms with E-state index in [-0.39, 0.29) is 5.56 Å². The highest BCUT2D eigenvalue weighted by molar-refractivity contribution is 5.76. The van der Waals surface area contributed by atoms with Gasteiger partial charge in [0.15, 0.2) is 0 Å². The number of H-pyrrole nitrogens is 2. The number of aromatic amines is 2. The molecule has 5 heteroatoms. The van der Waals surface area contributed by atoms with Gasteiger partial charge in [-0.1, -0.05) is 42.0 Å². The molecule has 0 fully saturated rings. The molecule has 0 amide bonds. The molecule has 0 radical (unpaired) electrons. The lowest BCUT2D eigenvalue weighted by Crippen LogP contribution is -2.16. The molecule has 114 valence electrons. The van der Waals surface area contributed by atoms with Crippen LogP contribution >= 0.6 is 0 Å². The van der Waals surface area contributed by atoms with Gasteiger partial charge in [0.05, 0.1) is 16.6 Å². The van der Waals surface area contributed by atoms with Gasteiger partial charge in [-0.05, 0) is 31.5 Å². The fourth-order valence-corrected chi connectivity index (χ4v) is 2.80. The third-order valence-electron chi connectivity index (χ3n) is 4.00. The van der Waals surface area contributed by atoms with E-state index in [0.717, 1.165) is 22.3 Å². The quantitative estimate of drug-likeness (QED) is 0.596. The molecule has 0 atom stereocenters. The Kier molecular flexibility index (Phi) is 2.94. The average Bonchev–Trinajstić information content (AvgIpc) is 3.09. The van der Waals surface area contributed by atoms with Crippen molar-refractivity contribution in [3.63, 3.8) is 0 Å². The van der Waals surface area contributed by atoms with Crippen LogP contribution in [-0.4, -0.2) is 19.7 Å². The minimum Gasteiger partial charge on any atom is -0.322 e. The van der Waals surface area contributed by atoms with E-state index in [1.54, 1.807) is 0 Å². The summed E-state index contributed by atoms with van der Waals surface area (Å²) in [5.41, 5.74) is 5.19. The Morgan fingerprint density at radius 3 is 2.48 bits per heavy atom. The number of nitrogens with one attached hydrogen (secondary N) is 2. The molecular formula is C18H16N4O. The van der Waals surface area contributed by atoms with Crippen LogP contribution in [0.4, 0.5) is 0 Å². The van der Waals surface area contributed by atoms with E-state index in [0.29, 0.717) is 11.5 Å². The predicted octanol–water partition coefficient (Wildman–Crippen LogP) is 3.33. The van der Waals surface area contributed by atoms with Crippen LogP contribution in [0.5, 0.6) is 0 Å². The number of imidazole rings is 1. The normalized spacial score (nSPS) is 11.2. The number of hydrogen-bond acceptors (Lipinski definition) is 2. The molecule has 0 aliphatic carbocycles. The number of nitrogens with zero attached hydrogens (tertiary/aromatic N) is 2. The average molecular weight is 304 g/mol. The number of para-hydroxylation sites is 2. The minimum atomic E-state index is -0.106. The van der Waals surface area contributed by atoms with Crippen molar-refractivity contribution >= 4 is 11.0 Å². The summed E-state index contributed by atoms with van der Waals surface area (Å²) in [6.07, 6.45) is 0. The zero-order valence-corrected chi connectivity index (χ0v) is 12.9. The molecule has 2 aromatic heterocycles. The topological polar surface area (TPSA) is 66.5 Å². The molecule has 0 unspecified atom stereocenters. The van der Waals surface area contributed by atoms with Crippen LogP contribution in [0, 0.1) is 13.8 Å². The van der Waals surface area contributed by atoms with E-state index in [4.69, 9.17) is 0 Å². The fraction of sp³-hybridized carbons (Fsp3) is 0.111. The van der Waals surface area contributed by atoms with Crippen LogP contribution in [0.2, 0.25) is 0 Å². The summed E-state index contributed by atoms with van der Waals surface area (Å²) in [6.45, 7) is 3.93. The molecule has 0 aliphatic rings. The maximum atomic E-state index is 12.8. The minimum absolute atomic E-state index is 0.106. The molecule has 2 N–H and O–H groups in total. The standard InChI is InChI=1S/C18H16N4O/c1-11-7-9-13(10-8-11)16-12(2)21-22(17(16)23)18-19-14-5-3-4-6-15(14)20-18/h3-10,21H,1-2H3,(H,19,20). The Labute approximate surface area is 132 Å². The Balaban J connectivity index is 1.89. The molecule has 4 rings (SSSR count). The highest BCUT2D eigenvalue weighted by Crippen LogP contribution is 2.20. The van der Waals surface area contributed by atoms with Crippen molar-refractivity contribution in [3.05, 3.63) is 70.1 Å². The van der Waals surface area contributed by atoms with Gasteiger partial charge < -0.3 is 4.98 Å². The lowest BCUT2D eigenvalue weighted by Gasteiger charge is -1.98. The van der Waals surface area contributed by atoms with Crippen LogP contribution in [0.1, 0.15) is 11.3 Å². The molecule has 0 bridgehead atoms. The SMILES string of the molecule is Cc1ccc(-c2c(C)[nH]n(-c3nc4ccccc4[nH]3)c2=O)cc1. The first-order valence-electron chi connectivity index (χ1n) is 7.47. The number of aromatic nitrogens is 4. The van der Waals surface area contributed by atoms with Crippen molar-refractivity contribution in [1.29, 1.82) is 0 Å². The van der Waals surface area contributed by atoms with E-state index in [9.17, 15) is 4.79 Å². The van der Waals surface area contributed by atoms with Crippen LogP contribution in [0.3, 0.4) is 0 Å². The fourth-order valence-electron chi connectivity index (χ4n) is 2.80. The second kappa shape index (κ2) is 4.98. The molecule has 0 spiro atoms. The Morgan fingerprint density at radius 2 is 1.74 bits per heavy atom. The molecule has 0 aliphatic heterocycles.